The summed E-state index contributed by atoms with van der Waals surface area (Å²) in [6, 6.07) is 0. The van der Waals surface area contributed by atoms with Crippen LogP contribution in [0.3, 0.4) is 0 Å². The second kappa shape index (κ2) is 4.61. The van der Waals surface area contributed by atoms with Crippen molar-refractivity contribution >= 4 is 51.5 Å². The predicted molar refractivity (Wildman–Crippen MR) is 70.5 cm³/mol. The number of aromatic nitrogens is 2. The highest BCUT2D eigenvalue weighted by atomic mass is 35.5. The number of nitrogens with zero attached hydrogens (tertiary/aromatic N) is 2. The van der Waals surface area contributed by atoms with E-state index in [0.717, 1.165) is 0 Å². The number of H-pyrrole nitrogens is 1. The molecule has 0 atom stereocenters. The van der Waals surface area contributed by atoms with Crippen LogP contribution in [0.25, 0.3) is 11.0 Å². The number of alkyl halides is 3. The maximum atomic E-state index is 12.7. The van der Waals surface area contributed by atoms with Crippen LogP contribution >= 0.6 is 34.8 Å². The van der Waals surface area contributed by atoms with Gasteiger partial charge in [-0.2, -0.15) is 13.2 Å². The quantitative estimate of drug-likeness (QED) is 0.774. The van der Waals surface area contributed by atoms with Crippen LogP contribution in [-0.2, 0) is 6.18 Å². The minimum absolute atomic E-state index is 0.0280. The number of nitrogens with one attached hydrogen (secondary N) is 1. The van der Waals surface area contributed by atoms with Gasteiger partial charge in [-0.25, -0.2) is 4.98 Å². The molecule has 1 aromatic carbocycles. The molecule has 0 fully saturated rings. The van der Waals surface area contributed by atoms with E-state index in [1.165, 1.54) is 4.90 Å². The van der Waals surface area contributed by atoms with Crippen LogP contribution in [0.4, 0.5) is 18.9 Å². The zero-order valence-corrected chi connectivity index (χ0v) is 11.9. The number of imidazole rings is 1. The molecule has 2 rings (SSSR count). The number of fused-ring (bicyclic) bond motifs is 1. The van der Waals surface area contributed by atoms with Crippen molar-refractivity contribution < 1.29 is 13.2 Å². The highest BCUT2D eigenvalue weighted by molar-refractivity contribution is 6.52. The van der Waals surface area contributed by atoms with E-state index in [9.17, 15) is 13.2 Å². The molecule has 9 heteroatoms. The molecule has 19 heavy (non-hydrogen) atoms. The molecule has 3 nitrogen and oxygen atoms in total. The summed E-state index contributed by atoms with van der Waals surface area (Å²) in [7, 11) is 3.25. The van der Waals surface area contributed by atoms with Crippen molar-refractivity contribution in [1.29, 1.82) is 0 Å². The Morgan fingerprint density at radius 3 is 2.11 bits per heavy atom. The van der Waals surface area contributed by atoms with E-state index in [1.807, 2.05) is 0 Å². The molecule has 0 amide bonds. The van der Waals surface area contributed by atoms with Crippen LogP contribution in [0.2, 0.25) is 15.1 Å². The molecule has 0 saturated heterocycles. The van der Waals surface area contributed by atoms with Crippen LogP contribution in [0, 0.1) is 0 Å². The standard InChI is InChI=1S/C10H7Cl3F3N3/c1-19(2)8-5(13)3(11)4(12)6-7(8)18-9(17-6)10(14,15)16/h1-2H3,(H,17,18). The fourth-order valence-corrected chi connectivity index (χ4v) is 2.49. The van der Waals surface area contributed by atoms with Crippen molar-refractivity contribution in [3.05, 3.63) is 20.9 Å². The molecule has 0 radical (unpaired) electrons. The molecule has 0 saturated carbocycles. The largest absolute Gasteiger partial charge is 0.449 e. The Morgan fingerprint density at radius 1 is 1.05 bits per heavy atom. The first-order valence-corrected chi connectivity index (χ1v) is 6.08. The highest BCUT2D eigenvalue weighted by Crippen LogP contribution is 2.44. The topological polar surface area (TPSA) is 31.9 Å². The molecule has 0 unspecified atom stereocenters. The fourth-order valence-electron chi connectivity index (χ4n) is 1.67. The van der Waals surface area contributed by atoms with Crippen molar-refractivity contribution in [3.63, 3.8) is 0 Å². The van der Waals surface area contributed by atoms with E-state index in [4.69, 9.17) is 34.8 Å². The molecule has 2 aromatic rings. The summed E-state index contributed by atoms with van der Waals surface area (Å²) in [6.07, 6.45) is -4.61. The third kappa shape index (κ3) is 2.32. The summed E-state index contributed by atoms with van der Waals surface area (Å²) >= 11 is 17.8. The summed E-state index contributed by atoms with van der Waals surface area (Å²) in [5, 5.41) is -0.0692. The number of hydrogen-bond donors (Lipinski definition) is 1. The van der Waals surface area contributed by atoms with Gasteiger partial charge in [0.1, 0.15) is 5.52 Å². The van der Waals surface area contributed by atoms with Gasteiger partial charge in [-0.15, -0.1) is 0 Å². The lowest BCUT2D eigenvalue weighted by Gasteiger charge is -2.16. The number of rotatable bonds is 1. The van der Waals surface area contributed by atoms with Crippen molar-refractivity contribution in [1.82, 2.24) is 9.97 Å². The molecule has 1 heterocycles. The van der Waals surface area contributed by atoms with Gasteiger partial charge in [0.05, 0.1) is 26.3 Å². The number of halogens is 6. The van der Waals surface area contributed by atoms with Gasteiger partial charge in [-0.1, -0.05) is 34.8 Å². The lowest BCUT2D eigenvalue weighted by atomic mass is 10.2. The summed E-state index contributed by atoms with van der Waals surface area (Å²) in [5.41, 5.74) is 0.331. The highest BCUT2D eigenvalue weighted by Gasteiger charge is 2.36. The Balaban J connectivity index is 2.90. The first kappa shape index (κ1) is 14.6. The van der Waals surface area contributed by atoms with E-state index in [-0.39, 0.29) is 26.1 Å². The van der Waals surface area contributed by atoms with Crippen LogP contribution in [0.1, 0.15) is 5.82 Å². The summed E-state index contributed by atoms with van der Waals surface area (Å²) < 4.78 is 38.0. The summed E-state index contributed by atoms with van der Waals surface area (Å²) in [4.78, 5) is 7.17. The third-order valence-electron chi connectivity index (χ3n) is 2.46. The third-order valence-corrected chi connectivity index (χ3v) is 3.76. The maximum absolute atomic E-state index is 12.7. The lowest BCUT2D eigenvalue weighted by molar-refractivity contribution is -0.144. The second-order valence-corrected chi connectivity index (χ2v) is 5.13. The second-order valence-electron chi connectivity index (χ2n) is 3.99. The summed E-state index contributed by atoms with van der Waals surface area (Å²) in [5.74, 6) is -1.15. The van der Waals surface area contributed by atoms with E-state index in [2.05, 4.69) is 9.97 Å². The minimum Gasteiger partial charge on any atom is -0.375 e. The van der Waals surface area contributed by atoms with Crippen molar-refractivity contribution in [2.24, 2.45) is 0 Å². The average Bonchev–Trinajstić information content (AvgIpc) is 2.70. The first-order chi connectivity index (χ1) is 8.64. The number of hydrogen-bond acceptors (Lipinski definition) is 2. The van der Waals surface area contributed by atoms with Crippen molar-refractivity contribution in [2.75, 3.05) is 19.0 Å². The molecule has 0 aliphatic rings. The zero-order chi connectivity index (χ0) is 14.5. The zero-order valence-electron chi connectivity index (χ0n) is 9.66. The normalized spacial score (nSPS) is 12.2. The minimum atomic E-state index is -4.61. The molecule has 1 N–H and O–H groups in total. The first-order valence-electron chi connectivity index (χ1n) is 4.95. The number of aromatic amines is 1. The Labute approximate surface area is 121 Å². The lowest BCUT2D eigenvalue weighted by Crippen LogP contribution is -2.10. The van der Waals surface area contributed by atoms with Gasteiger partial charge in [-0.05, 0) is 0 Å². The van der Waals surface area contributed by atoms with Crippen molar-refractivity contribution in [2.45, 2.75) is 6.18 Å². The number of benzene rings is 1. The number of anilines is 1. The van der Waals surface area contributed by atoms with E-state index < -0.39 is 12.0 Å². The molecule has 104 valence electrons. The Hall–Kier alpha value is -0.850. The molecule has 0 spiro atoms. The van der Waals surface area contributed by atoms with E-state index in [1.54, 1.807) is 14.1 Å². The molecule has 0 aliphatic heterocycles. The molecular formula is C10H7Cl3F3N3. The van der Waals surface area contributed by atoms with Crippen LogP contribution in [0.15, 0.2) is 0 Å². The molecular weight excluding hydrogens is 325 g/mol. The molecule has 1 aromatic heterocycles. The van der Waals surface area contributed by atoms with Gasteiger partial charge >= 0.3 is 6.18 Å². The summed E-state index contributed by atoms with van der Waals surface area (Å²) in [6.45, 7) is 0. The monoisotopic (exact) mass is 331 g/mol. The van der Waals surface area contributed by atoms with Gasteiger partial charge in [0, 0.05) is 14.1 Å². The van der Waals surface area contributed by atoms with Crippen LogP contribution in [0.5, 0.6) is 0 Å². The van der Waals surface area contributed by atoms with Crippen LogP contribution < -0.4 is 4.90 Å². The Bertz CT molecular complexity index is 649. The smallest absolute Gasteiger partial charge is 0.375 e. The van der Waals surface area contributed by atoms with Gasteiger partial charge in [0.2, 0.25) is 5.82 Å². The Kier molecular flexibility index (Phi) is 3.53. The Morgan fingerprint density at radius 2 is 1.63 bits per heavy atom. The average molecular weight is 333 g/mol. The van der Waals surface area contributed by atoms with E-state index in [0.29, 0.717) is 5.69 Å². The molecule has 0 bridgehead atoms. The van der Waals surface area contributed by atoms with Gasteiger partial charge in [0.15, 0.2) is 0 Å². The van der Waals surface area contributed by atoms with Gasteiger partial charge in [0.25, 0.3) is 0 Å². The van der Waals surface area contributed by atoms with Gasteiger partial charge in [-0.3, -0.25) is 0 Å². The molecule has 0 aliphatic carbocycles. The van der Waals surface area contributed by atoms with Gasteiger partial charge < -0.3 is 9.88 Å². The van der Waals surface area contributed by atoms with Crippen molar-refractivity contribution in [3.8, 4) is 0 Å². The maximum Gasteiger partial charge on any atom is 0.449 e. The van der Waals surface area contributed by atoms with E-state index >= 15 is 0 Å². The van der Waals surface area contributed by atoms with Crippen LogP contribution in [-0.4, -0.2) is 24.1 Å². The predicted octanol–water partition coefficient (Wildman–Crippen LogP) is 4.61. The fraction of sp³-hybridized carbons (Fsp3) is 0.300. The SMILES string of the molecule is CN(C)c1c(Cl)c(Cl)c(Cl)c2nc(C(F)(F)F)[nH]c12.